The van der Waals surface area contributed by atoms with Crippen LogP contribution in [-0.4, -0.2) is 34.8 Å². The van der Waals surface area contributed by atoms with Gasteiger partial charge in [0.2, 0.25) is 0 Å². The van der Waals surface area contributed by atoms with Crippen molar-refractivity contribution in [2.45, 2.75) is 52.2 Å². The smallest absolute Gasteiger partial charge is 0.108 e. The summed E-state index contributed by atoms with van der Waals surface area (Å²) in [5.41, 5.74) is 0. The van der Waals surface area contributed by atoms with Crippen molar-refractivity contribution in [3.05, 3.63) is 18.2 Å². The van der Waals surface area contributed by atoms with E-state index in [1.807, 2.05) is 19.4 Å². The number of hydrogen-bond acceptors (Lipinski definition) is 3. The van der Waals surface area contributed by atoms with E-state index in [0.29, 0.717) is 12.1 Å². The van der Waals surface area contributed by atoms with Gasteiger partial charge in [-0.1, -0.05) is 6.92 Å². The van der Waals surface area contributed by atoms with Gasteiger partial charge in [-0.2, -0.15) is 0 Å². The Hall–Kier alpha value is -0.870. The summed E-state index contributed by atoms with van der Waals surface area (Å²) in [6, 6.07) is 0.420. The van der Waals surface area contributed by atoms with E-state index in [2.05, 4.69) is 35.6 Å². The number of imidazole rings is 1. The van der Waals surface area contributed by atoms with E-state index < -0.39 is 0 Å². The van der Waals surface area contributed by atoms with E-state index in [4.69, 9.17) is 4.74 Å². The largest absolute Gasteiger partial charge is 0.377 e. The van der Waals surface area contributed by atoms with Crippen molar-refractivity contribution < 1.29 is 4.74 Å². The first kappa shape index (κ1) is 15.2. The quantitative estimate of drug-likeness (QED) is 0.733. The van der Waals surface area contributed by atoms with Crippen molar-refractivity contribution >= 4 is 0 Å². The van der Waals surface area contributed by atoms with E-state index in [-0.39, 0.29) is 0 Å². The normalized spacial score (nSPS) is 13.2. The van der Waals surface area contributed by atoms with Crippen molar-refractivity contribution in [3.8, 4) is 0 Å². The minimum absolute atomic E-state index is 0.295. The van der Waals surface area contributed by atoms with Crippen LogP contribution in [0.5, 0.6) is 0 Å². The zero-order valence-electron chi connectivity index (χ0n) is 12.1. The van der Waals surface area contributed by atoms with Crippen LogP contribution in [0.1, 0.15) is 39.4 Å². The number of hydrogen-bond donors (Lipinski definition) is 1. The number of aryl methyl sites for hydroxylation is 2. The molecule has 1 atom stereocenters. The van der Waals surface area contributed by atoms with Gasteiger partial charge in [-0.05, 0) is 33.2 Å². The Morgan fingerprint density at radius 2 is 2.22 bits per heavy atom. The Morgan fingerprint density at radius 1 is 1.44 bits per heavy atom. The third kappa shape index (κ3) is 5.65. The molecular weight excluding hydrogens is 226 g/mol. The second kappa shape index (κ2) is 8.27. The topological polar surface area (TPSA) is 39.1 Å². The summed E-state index contributed by atoms with van der Waals surface area (Å²) in [5, 5.41) is 3.54. The molecule has 0 aliphatic carbocycles. The van der Waals surface area contributed by atoms with E-state index in [9.17, 15) is 0 Å². The Kier molecular flexibility index (Phi) is 6.98. The lowest BCUT2D eigenvalue weighted by atomic mass is 10.1. The SMILES string of the molecule is CCCNC(CCc1nccn1C)COC(C)C. The van der Waals surface area contributed by atoms with Gasteiger partial charge in [0.1, 0.15) is 5.82 Å². The fourth-order valence-electron chi connectivity index (χ4n) is 1.84. The van der Waals surface area contributed by atoms with E-state index in [1.165, 1.54) is 0 Å². The maximum atomic E-state index is 5.71. The van der Waals surface area contributed by atoms with Gasteiger partial charge >= 0.3 is 0 Å². The molecule has 1 N–H and O–H groups in total. The summed E-state index contributed by atoms with van der Waals surface area (Å²) in [4.78, 5) is 4.36. The molecule has 0 saturated carbocycles. The predicted molar refractivity (Wildman–Crippen MR) is 74.7 cm³/mol. The zero-order valence-corrected chi connectivity index (χ0v) is 12.1. The molecule has 1 unspecified atom stereocenters. The van der Waals surface area contributed by atoms with Crippen molar-refractivity contribution in [2.24, 2.45) is 7.05 Å². The van der Waals surface area contributed by atoms with Crippen LogP contribution in [-0.2, 0) is 18.2 Å². The highest BCUT2D eigenvalue weighted by molar-refractivity contribution is 4.92. The molecule has 1 aromatic heterocycles. The Labute approximate surface area is 111 Å². The second-order valence-electron chi connectivity index (χ2n) is 5.03. The molecule has 0 spiro atoms. The number of rotatable bonds is 9. The molecule has 0 aliphatic rings. The maximum absolute atomic E-state index is 5.71. The van der Waals surface area contributed by atoms with Crippen molar-refractivity contribution in [3.63, 3.8) is 0 Å². The molecule has 0 saturated heterocycles. The highest BCUT2D eigenvalue weighted by atomic mass is 16.5. The van der Waals surface area contributed by atoms with Crippen LogP contribution < -0.4 is 5.32 Å². The van der Waals surface area contributed by atoms with Crippen LogP contribution >= 0.6 is 0 Å². The first-order valence-corrected chi connectivity index (χ1v) is 6.94. The van der Waals surface area contributed by atoms with Crippen LogP contribution in [0.2, 0.25) is 0 Å². The van der Waals surface area contributed by atoms with Gasteiger partial charge in [0, 0.05) is 31.9 Å². The van der Waals surface area contributed by atoms with Gasteiger partial charge < -0.3 is 14.6 Å². The highest BCUT2D eigenvalue weighted by Gasteiger charge is 2.10. The lowest BCUT2D eigenvalue weighted by Gasteiger charge is -2.20. The molecule has 18 heavy (non-hydrogen) atoms. The van der Waals surface area contributed by atoms with Crippen molar-refractivity contribution in [2.75, 3.05) is 13.2 Å². The summed E-state index contributed by atoms with van der Waals surface area (Å²) in [7, 11) is 2.04. The fraction of sp³-hybridized carbons (Fsp3) is 0.786. The number of nitrogens with one attached hydrogen (secondary N) is 1. The van der Waals surface area contributed by atoms with Gasteiger partial charge in [0.05, 0.1) is 12.7 Å². The molecule has 0 aliphatic heterocycles. The summed E-state index contributed by atoms with van der Waals surface area (Å²) >= 11 is 0. The predicted octanol–water partition coefficient (Wildman–Crippen LogP) is 2.15. The molecule has 104 valence electrons. The van der Waals surface area contributed by atoms with Gasteiger partial charge in [0.15, 0.2) is 0 Å². The molecule has 4 nitrogen and oxygen atoms in total. The zero-order chi connectivity index (χ0) is 13.4. The molecule has 0 fully saturated rings. The molecule has 0 bridgehead atoms. The van der Waals surface area contributed by atoms with Crippen molar-refractivity contribution in [1.29, 1.82) is 0 Å². The lowest BCUT2D eigenvalue weighted by molar-refractivity contribution is 0.0595. The van der Waals surface area contributed by atoms with E-state index in [0.717, 1.165) is 38.2 Å². The molecule has 0 aromatic carbocycles. The van der Waals surface area contributed by atoms with Gasteiger partial charge in [-0.25, -0.2) is 4.98 Å². The molecular formula is C14H27N3O. The molecule has 1 rings (SSSR count). The van der Waals surface area contributed by atoms with Crippen LogP contribution in [0, 0.1) is 0 Å². The van der Waals surface area contributed by atoms with Crippen LogP contribution in [0.4, 0.5) is 0 Å². The Bertz CT molecular complexity index is 323. The first-order chi connectivity index (χ1) is 8.63. The minimum Gasteiger partial charge on any atom is -0.377 e. The summed E-state index contributed by atoms with van der Waals surface area (Å²) in [6.45, 7) is 8.17. The third-order valence-corrected chi connectivity index (χ3v) is 2.95. The summed E-state index contributed by atoms with van der Waals surface area (Å²) in [6.07, 6.45) is 7.36. The second-order valence-corrected chi connectivity index (χ2v) is 5.03. The van der Waals surface area contributed by atoms with Crippen molar-refractivity contribution in [1.82, 2.24) is 14.9 Å². The summed E-state index contributed by atoms with van der Waals surface area (Å²) in [5.74, 6) is 1.14. The average Bonchev–Trinajstić information content (AvgIpc) is 2.74. The number of aromatic nitrogens is 2. The van der Waals surface area contributed by atoms with Gasteiger partial charge in [-0.15, -0.1) is 0 Å². The maximum Gasteiger partial charge on any atom is 0.108 e. The molecule has 0 amide bonds. The summed E-state index contributed by atoms with van der Waals surface area (Å²) < 4.78 is 7.79. The van der Waals surface area contributed by atoms with Crippen LogP contribution in [0.15, 0.2) is 12.4 Å². The number of nitrogens with zero attached hydrogens (tertiary/aromatic N) is 2. The fourth-order valence-corrected chi connectivity index (χ4v) is 1.84. The average molecular weight is 253 g/mol. The Morgan fingerprint density at radius 3 is 2.78 bits per heavy atom. The Balaban J connectivity index is 2.37. The molecule has 1 heterocycles. The molecule has 1 aromatic rings. The van der Waals surface area contributed by atoms with Gasteiger partial charge in [-0.3, -0.25) is 0 Å². The third-order valence-electron chi connectivity index (χ3n) is 2.95. The van der Waals surface area contributed by atoms with E-state index >= 15 is 0 Å². The monoisotopic (exact) mass is 253 g/mol. The lowest BCUT2D eigenvalue weighted by Crippen LogP contribution is -2.35. The van der Waals surface area contributed by atoms with E-state index in [1.54, 1.807) is 0 Å². The van der Waals surface area contributed by atoms with Gasteiger partial charge in [0.25, 0.3) is 0 Å². The molecule has 4 heteroatoms. The van der Waals surface area contributed by atoms with Crippen LogP contribution in [0.3, 0.4) is 0 Å². The number of ether oxygens (including phenoxy) is 1. The minimum atomic E-state index is 0.295. The van der Waals surface area contributed by atoms with Crippen LogP contribution in [0.25, 0.3) is 0 Å². The highest BCUT2D eigenvalue weighted by Crippen LogP contribution is 2.04. The standard InChI is InChI=1S/C14H27N3O/c1-5-8-15-13(11-18-12(2)3)6-7-14-16-9-10-17(14)4/h9-10,12-13,15H,5-8,11H2,1-4H3. The molecule has 0 radical (unpaired) electrons. The first-order valence-electron chi connectivity index (χ1n) is 6.94.